The number of amides is 1. The molecule has 1 aliphatic heterocycles. The molecule has 6 nitrogen and oxygen atoms in total. The summed E-state index contributed by atoms with van der Waals surface area (Å²) in [6.45, 7) is 0.224. The van der Waals surface area contributed by atoms with Crippen LogP contribution in [0.5, 0.6) is 0 Å². The quantitative estimate of drug-likeness (QED) is 0.745. The summed E-state index contributed by atoms with van der Waals surface area (Å²) in [5.41, 5.74) is 0.976. The lowest BCUT2D eigenvalue weighted by molar-refractivity contribution is -0.145. The second kappa shape index (κ2) is 5.41. The Bertz CT molecular complexity index is 655. The molecule has 1 atom stereocenters. The van der Waals surface area contributed by atoms with E-state index in [0.29, 0.717) is 5.69 Å². The highest BCUT2D eigenvalue weighted by molar-refractivity contribution is 5.99. The average Bonchev–Trinajstić information content (AvgIpc) is 2.87. The van der Waals surface area contributed by atoms with Crippen LogP contribution in [0.1, 0.15) is 17.5 Å². The van der Waals surface area contributed by atoms with Gasteiger partial charge in [0.05, 0.1) is 24.2 Å². The largest absolute Gasteiger partial charge is 0.469 e. The van der Waals surface area contributed by atoms with Crippen LogP contribution in [0.3, 0.4) is 0 Å². The first-order valence-corrected chi connectivity index (χ1v) is 5.93. The van der Waals surface area contributed by atoms with Gasteiger partial charge in [0.2, 0.25) is 5.91 Å². The number of rotatable bonds is 2. The highest BCUT2D eigenvalue weighted by Crippen LogP contribution is 2.27. The van der Waals surface area contributed by atoms with Gasteiger partial charge in [-0.2, -0.15) is 10.5 Å². The number of ether oxygens (including phenoxy) is 1. The molecule has 1 aromatic rings. The molecule has 1 aliphatic rings. The van der Waals surface area contributed by atoms with Crippen molar-refractivity contribution in [2.24, 2.45) is 5.92 Å². The molecule has 0 saturated carbocycles. The van der Waals surface area contributed by atoms with Crippen molar-refractivity contribution in [1.82, 2.24) is 0 Å². The highest BCUT2D eigenvalue weighted by Gasteiger charge is 2.35. The van der Waals surface area contributed by atoms with Crippen LogP contribution in [-0.4, -0.2) is 25.5 Å². The van der Waals surface area contributed by atoms with Crippen molar-refractivity contribution in [3.8, 4) is 12.1 Å². The first-order valence-electron chi connectivity index (χ1n) is 5.93. The van der Waals surface area contributed by atoms with Gasteiger partial charge in [0.15, 0.2) is 0 Å². The molecule has 1 amide bonds. The summed E-state index contributed by atoms with van der Waals surface area (Å²) in [7, 11) is 1.28. The second-order valence-electron chi connectivity index (χ2n) is 4.38. The fourth-order valence-corrected chi connectivity index (χ4v) is 2.17. The first kappa shape index (κ1) is 13.6. The maximum atomic E-state index is 11.9. The number of nitriles is 2. The van der Waals surface area contributed by atoms with Gasteiger partial charge in [0, 0.05) is 18.7 Å². The Balaban J connectivity index is 2.30. The van der Waals surface area contributed by atoms with Crippen LogP contribution in [0.15, 0.2) is 18.2 Å². The summed E-state index contributed by atoms with van der Waals surface area (Å²) in [6.07, 6.45) is 0.0918. The minimum atomic E-state index is -0.492. The summed E-state index contributed by atoms with van der Waals surface area (Å²) in [5.74, 6) is -1.11. The number of anilines is 1. The van der Waals surface area contributed by atoms with Gasteiger partial charge in [-0.3, -0.25) is 9.59 Å². The smallest absolute Gasteiger partial charge is 0.311 e. The molecule has 1 heterocycles. The van der Waals surface area contributed by atoms with Gasteiger partial charge < -0.3 is 9.64 Å². The molecule has 0 aliphatic carbocycles. The van der Waals surface area contributed by atoms with Crippen LogP contribution >= 0.6 is 0 Å². The van der Waals surface area contributed by atoms with E-state index in [4.69, 9.17) is 10.5 Å². The molecule has 20 heavy (non-hydrogen) atoms. The standard InChI is InChI=1S/C14H11N3O3/c1-20-14(19)11-5-13(18)17(8-11)12-3-2-9(6-15)10(4-12)7-16/h2-4,11H,5,8H2,1H3. The monoisotopic (exact) mass is 269 g/mol. The van der Waals surface area contributed by atoms with Crippen molar-refractivity contribution in [3.05, 3.63) is 29.3 Å². The van der Waals surface area contributed by atoms with E-state index in [1.54, 1.807) is 6.07 Å². The summed E-state index contributed by atoms with van der Waals surface area (Å²) in [6, 6.07) is 8.40. The number of esters is 1. The Hall–Kier alpha value is -2.86. The van der Waals surface area contributed by atoms with Crippen molar-refractivity contribution in [3.63, 3.8) is 0 Å². The maximum Gasteiger partial charge on any atom is 0.311 e. The molecule has 1 saturated heterocycles. The zero-order chi connectivity index (χ0) is 14.7. The predicted molar refractivity (Wildman–Crippen MR) is 68.3 cm³/mol. The SMILES string of the molecule is COC(=O)C1CC(=O)N(c2ccc(C#N)c(C#N)c2)C1. The van der Waals surface area contributed by atoms with Gasteiger partial charge in [0.1, 0.15) is 12.1 Å². The van der Waals surface area contributed by atoms with E-state index >= 15 is 0 Å². The van der Waals surface area contributed by atoms with Crippen molar-refractivity contribution < 1.29 is 14.3 Å². The van der Waals surface area contributed by atoms with E-state index in [0.717, 1.165) is 0 Å². The van der Waals surface area contributed by atoms with Crippen molar-refractivity contribution >= 4 is 17.6 Å². The second-order valence-corrected chi connectivity index (χ2v) is 4.38. The molecule has 6 heteroatoms. The molecule has 0 spiro atoms. The Morgan fingerprint density at radius 1 is 1.35 bits per heavy atom. The third kappa shape index (κ3) is 2.32. The summed E-state index contributed by atoms with van der Waals surface area (Å²) < 4.78 is 4.63. The van der Waals surface area contributed by atoms with E-state index in [9.17, 15) is 9.59 Å². The van der Waals surface area contributed by atoms with Gasteiger partial charge >= 0.3 is 5.97 Å². The predicted octanol–water partition coefficient (Wildman–Crippen LogP) is 0.956. The highest BCUT2D eigenvalue weighted by atomic mass is 16.5. The third-order valence-corrected chi connectivity index (χ3v) is 3.22. The number of hydrogen-bond donors (Lipinski definition) is 0. The van der Waals surface area contributed by atoms with Crippen molar-refractivity contribution in [2.75, 3.05) is 18.6 Å². The molecule has 0 bridgehead atoms. The van der Waals surface area contributed by atoms with Crippen LogP contribution in [0.25, 0.3) is 0 Å². The Kier molecular flexibility index (Phi) is 3.67. The molecule has 1 fully saturated rings. The molecular weight excluding hydrogens is 258 g/mol. The van der Waals surface area contributed by atoms with E-state index in [1.165, 1.54) is 24.1 Å². The zero-order valence-corrected chi connectivity index (χ0v) is 10.8. The van der Waals surface area contributed by atoms with Crippen molar-refractivity contribution in [1.29, 1.82) is 10.5 Å². The average molecular weight is 269 g/mol. The van der Waals surface area contributed by atoms with Crippen LogP contribution in [0.2, 0.25) is 0 Å². The van der Waals surface area contributed by atoms with Crippen LogP contribution < -0.4 is 4.90 Å². The maximum absolute atomic E-state index is 11.9. The van der Waals surface area contributed by atoms with E-state index in [-0.39, 0.29) is 30.0 Å². The number of benzene rings is 1. The lowest BCUT2D eigenvalue weighted by Crippen LogP contribution is -2.26. The number of methoxy groups -OCH3 is 1. The number of carbonyl (C=O) groups excluding carboxylic acids is 2. The van der Waals surface area contributed by atoms with Crippen LogP contribution in [0, 0.1) is 28.6 Å². The topological polar surface area (TPSA) is 94.2 Å². The fraction of sp³-hybridized carbons (Fsp3) is 0.286. The molecule has 0 radical (unpaired) electrons. The van der Waals surface area contributed by atoms with Gasteiger partial charge in [-0.25, -0.2) is 0 Å². The summed E-state index contributed by atoms with van der Waals surface area (Å²) in [4.78, 5) is 24.8. The van der Waals surface area contributed by atoms with Crippen LogP contribution in [-0.2, 0) is 14.3 Å². The minimum Gasteiger partial charge on any atom is -0.469 e. The molecule has 0 aromatic heterocycles. The fourth-order valence-electron chi connectivity index (χ4n) is 2.17. The number of hydrogen-bond acceptors (Lipinski definition) is 5. The summed E-state index contributed by atoms with van der Waals surface area (Å²) >= 11 is 0. The normalized spacial score (nSPS) is 17.4. The molecule has 1 unspecified atom stereocenters. The molecule has 0 N–H and O–H groups in total. The van der Waals surface area contributed by atoms with Crippen molar-refractivity contribution in [2.45, 2.75) is 6.42 Å². The number of nitrogens with zero attached hydrogens (tertiary/aromatic N) is 3. The van der Waals surface area contributed by atoms with E-state index in [1.807, 2.05) is 12.1 Å². The Labute approximate surface area is 115 Å². The molecule has 100 valence electrons. The Morgan fingerprint density at radius 3 is 2.65 bits per heavy atom. The Morgan fingerprint density at radius 2 is 2.05 bits per heavy atom. The third-order valence-electron chi connectivity index (χ3n) is 3.22. The van der Waals surface area contributed by atoms with Gasteiger partial charge in [0.25, 0.3) is 0 Å². The van der Waals surface area contributed by atoms with Gasteiger partial charge in [-0.15, -0.1) is 0 Å². The molecule has 2 rings (SSSR count). The summed E-state index contributed by atoms with van der Waals surface area (Å²) in [5, 5.41) is 17.8. The molecular formula is C14H11N3O3. The van der Waals surface area contributed by atoms with E-state index < -0.39 is 11.9 Å². The van der Waals surface area contributed by atoms with E-state index in [2.05, 4.69) is 4.74 Å². The zero-order valence-electron chi connectivity index (χ0n) is 10.8. The molecule has 1 aromatic carbocycles. The lowest BCUT2D eigenvalue weighted by Gasteiger charge is -2.16. The van der Waals surface area contributed by atoms with Gasteiger partial charge in [-0.05, 0) is 18.2 Å². The van der Waals surface area contributed by atoms with Crippen LogP contribution in [0.4, 0.5) is 5.69 Å². The first-order chi connectivity index (χ1) is 9.60. The number of carbonyl (C=O) groups is 2. The van der Waals surface area contributed by atoms with Gasteiger partial charge in [-0.1, -0.05) is 0 Å². The minimum absolute atomic E-state index is 0.0918. The lowest BCUT2D eigenvalue weighted by atomic mass is 10.1.